The molecule has 0 aliphatic heterocycles. The molecule has 1 aromatic rings. The molecule has 0 saturated carbocycles. The van der Waals surface area contributed by atoms with Crippen molar-refractivity contribution in [3.05, 3.63) is 16.4 Å². The number of Topliss-reactive ketones (excluding diaryl/α,β-unsaturated/α-hetero) is 1. The number of hydrogen-bond donors (Lipinski definition) is 0. The van der Waals surface area contributed by atoms with Gasteiger partial charge < -0.3 is 0 Å². The van der Waals surface area contributed by atoms with Crippen molar-refractivity contribution in [2.24, 2.45) is 0 Å². The van der Waals surface area contributed by atoms with Gasteiger partial charge in [-0.2, -0.15) is 5.10 Å². The second-order valence-electron chi connectivity index (χ2n) is 4.22. The largest absolute Gasteiger partial charge is 0.291 e. The van der Waals surface area contributed by atoms with Gasteiger partial charge in [0.1, 0.15) is 10.9 Å². The van der Waals surface area contributed by atoms with E-state index in [2.05, 4.69) is 21.0 Å². The van der Waals surface area contributed by atoms with Gasteiger partial charge in [-0.3, -0.25) is 9.48 Å². The quantitative estimate of drug-likeness (QED) is 0.793. The van der Waals surface area contributed by atoms with E-state index in [1.54, 1.807) is 0 Å². The van der Waals surface area contributed by atoms with Crippen molar-refractivity contribution < 1.29 is 13.2 Å². The molecule has 0 aliphatic carbocycles. The summed E-state index contributed by atoms with van der Waals surface area (Å²) < 4.78 is 24.8. The average Bonchev–Trinajstić information content (AvgIpc) is 2.56. The van der Waals surface area contributed by atoms with Crippen LogP contribution in [0, 0.1) is 0 Å². The molecule has 1 atom stereocenters. The lowest BCUT2D eigenvalue weighted by molar-refractivity contribution is 0.0978. The molecular formula is C10H15BrN2O3S. The van der Waals surface area contributed by atoms with Crippen molar-refractivity contribution in [2.45, 2.75) is 32.1 Å². The third kappa shape index (κ3) is 2.95. The van der Waals surface area contributed by atoms with E-state index in [-0.39, 0.29) is 6.04 Å². The molecule has 0 aliphatic rings. The first-order chi connectivity index (χ1) is 7.66. The van der Waals surface area contributed by atoms with Gasteiger partial charge in [-0.05, 0) is 36.7 Å². The summed E-state index contributed by atoms with van der Waals surface area (Å²) in [4.78, 5) is 12.1. The standard InChI is InChI=1S/C10H15BrN2O3S/c1-6(2)13-9(8(11)5-12-13)10(14)7(3)17(4,15)16/h5-7H,1-4H3. The zero-order valence-corrected chi connectivity index (χ0v) is 12.5. The number of sulfone groups is 1. The summed E-state index contributed by atoms with van der Waals surface area (Å²) >= 11 is 3.22. The minimum Gasteiger partial charge on any atom is -0.291 e. The minimum atomic E-state index is -3.40. The van der Waals surface area contributed by atoms with Crippen LogP contribution in [-0.4, -0.2) is 35.5 Å². The number of carbonyl (C=O) groups excluding carboxylic acids is 1. The molecule has 0 aromatic carbocycles. The summed E-state index contributed by atoms with van der Waals surface area (Å²) in [5.41, 5.74) is 0.304. The molecule has 96 valence electrons. The predicted octanol–water partition coefficient (Wildman–Crippen LogP) is 1.84. The highest BCUT2D eigenvalue weighted by Crippen LogP contribution is 2.22. The summed E-state index contributed by atoms with van der Waals surface area (Å²) in [5, 5.41) is 2.99. The molecule has 17 heavy (non-hydrogen) atoms. The van der Waals surface area contributed by atoms with Crippen LogP contribution in [0.2, 0.25) is 0 Å². The van der Waals surface area contributed by atoms with Gasteiger partial charge in [0, 0.05) is 12.3 Å². The molecule has 5 nitrogen and oxygen atoms in total. The van der Waals surface area contributed by atoms with Crippen LogP contribution in [0.3, 0.4) is 0 Å². The zero-order valence-electron chi connectivity index (χ0n) is 10.1. The fraction of sp³-hybridized carbons (Fsp3) is 0.600. The van der Waals surface area contributed by atoms with Gasteiger partial charge in [-0.25, -0.2) is 8.42 Å². The van der Waals surface area contributed by atoms with Crippen molar-refractivity contribution in [1.82, 2.24) is 9.78 Å². The smallest absolute Gasteiger partial charge is 0.199 e. The molecule has 0 N–H and O–H groups in total. The Bertz CT molecular complexity index is 534. The SMILES string of the molecule is CC(C)n1ncc(Br)c1C(=O)C(C)S(C)(=O)=O. The lowest BCUT2D eigenvalue weighted by atomic mass is 10.2. The number of ketones is 1. The molecule has 1 unspecified atom stereocenters. The van der Waals surface area contributed by atoms with Gasteiger partial charge in [0.25, 0.3) is 0 Å². The number of halogens is 1. The van der Waals surface area contributed by atoms with Gasteiger partial charge in [0.05, 0.1) is 10.7 Å². The highest BCUT2D eigenvalue weighted by Gasteiger charge is 2.29. The van der Waals surface area contributed by atoms with Crippen LogP contribution in [-0.2, 0) is 9.84 Å². The van der Waals surface area contributed by atoms with Crippen LogP contribution in [0.15, 0.2) is 10.7 Å². The van der Waals surface area contributed by atoms with Gasteiger partial charge >= 0.3 is 0 Å². The van der Waals surface area contributed by atoms with Gasteiger partial charge in [0.2, 0.25) is 0 Å². The summed E-state index contributed by atoms with van der Waals surface area (Å²) in [6.07, 6.45) is 2.56. The number of aromatic nitrogens is 2. The first-order valence-electron chi connectivity index (χ1n) is 5.12. The molecule has 0 radical (unpaired) electrons. The minimum absolute atomic E-state index is 0.00740. The van der Waals surface area contributed by atoms with Crippen LogP contribution in [0.25, 0.3) is 0 Å². The van der Waals surface area contributed by atoms with E-state index in [4.69, 9.17) is 0 Å². The Morgan fingerprint density at radius 1 is 1.41 bits per heavy atom. The summed E-state index contributed by atoms with van der Waals surface area (Å²) in [7, 11) is -3.40. The topological polar surface area (TPSA) is 69.0 Å². The van der Waals surface area contributed by atoms with Crippen molar-refractivity contribution in [3.63, 3.8) is 0 Å². The molecule has 0 amide bonds. The lowest BCUT2D eigenvalue weighted by Gasteiger charge is -2.13. The van der Waals surface area contributed by atoms with Gasteiger partial charge in [-0.15, -0.1) is 0 Å². The Morgan fingerprint density at radius 3 is 2.35 bits per heavy atom. The molecule has 0 spiro atoms. The summed E-state index contributed by atoms with van der Waals surface area (Å²) in [5.74, 6) is -0.439. The Hall–Kier alpha value is -0.690. The molecule has 0 saturated heterocycles. The summed E-state index contributed by atoms with van der Waals surface area (Å²) in [6.45, 7) is 5.14. The number of hydrogen-bond acceptors (Lipinski definition) is 4. The maximum absolute atomic E-state index is 12.1. The first kappa shape index (κ1) is 14.4. The second-order valence-corrected chi connectivity index (χ2v) is 7.44. The van der Waals surface area contributed by atoms with E-state index in [1.807, 2.05) is 13.8 Å². The Labute approximate surface area is 109 Å². The van der Waals surface area contributed by atoms with E-state index in [0.29, 0.717) is 10.2 Å². The molecule has 0 bridgehead atoms. The normalized spacial score (nSPS) is 14.0. The highest BCUT2D eigenvalue weighted by atomic mass is 79.9. The zero-order chi connectivity index (χ0) is 13.4. The van der Waals surface area contributed by atoms with Crippen molar-refractivity contribution in [2.75, 3.05) is 6.26 Å². The van der Waals surface area contributed by atoms with E-state index in [1.165, 1.54) is 17.8 Å². The van der Waals surface area contributed by atoms with Crippen LogP contribution in [0.5, 0.6) is 0 Å². The van der Waals surface area contributed by atoms with E-state index in [0.717, 1.165) is 6.26 Å². The van der Waals surface area contributed by atoms with Crippen molar-refractivity contribution >= 4 is 31.6 Å². The molecule has 1 heterocycles. The second kappa shape index (κ2) is 4.89. The fourth-order valence-electron chi connectivity index (χ4n) is 1.35. The fourth-order valence-corrected chi connectivity index (χ4v) is 2.32. The van der Waals surface area contributed by atoms with Crippen LogP contribution >= 0.6 is 15.9 Å². The maximum atomic E-state index is 12.1. The van der Waals surface area contributed by atoms with Gasteiger partial charge in [-0.1, -0.05) is 0 Å². The van der Waals surface area contributed by atoms with E-state index < -0.39 is 20.9 Å². The molecule has 7 heteroatoms. The number of nitrogens with zero attached hydrogens (tertiary/aromatic N) is 2. The first-order valence-corrected chi connectivity index (χ1v) is 7.87. The van der Waals surface area contributed by atoms with Crippen LogP contribution in [0.1, 0.15) is 37.3 Å². The molecule has 0 fully saturated rings. The molecule has 1 aromatic heterocycles. The third-order valence-electron chi connectivity index (χ3n) is 2.48. The third-order valence-corrected chi connectivity index (χ3v) is 4.56. The summed E-state index contributed by atoms with van der Waals surface area (Å²) in [6, 6.07) is -0.00740. The van der Waals surface area contributed by atoms with Crippen molar-refractivity contribution in [3.8, 4) is 0 Å². The predicted molar refractivity (Wildman–Crippen MR) is 68.9 cm³/mol. The Kier molecular flexibility index (Phi) is 4.14. The Balaban J connectivity index is 3.26. The molecule has 1 rings (SSSR count). The number of carbonyl (C=O) groups is 1. The van der Waals surface area contributed by atoms with E-state index >= 15 is 0 Å². The maximum Gasteiger partial charge on any atom is 0.199 e. The average molecular weight is 323 g/mol. The molecular weight excluding hydrogens is 308 g/mol. The van der Waals surface area contributed by atoms with Gasteiger partial charge in [0.15, 0.2) is 15.6 Å². The van der Waals surface area contributed by atoms with Crippen LogP contribution < -0.4 is 0 Å². The van der Waals surface area contributed by atoms with Crippen molar-refractivity contribution in [1.29, 1.82) is 0 Å². The Morgan fingerprint density at radius 2 is 1.94 bits per heavy atom. The van der Waals surface area contributed by atoms with E-state index in [9.17, 15) is 13.2 Å². The number of rotatable bonds is 4. The highest BCUT2D eigenvalue weighted by molar-refractivity contribution is 9.10. The lowest BCUT2D eigenvalue weighted by Crippen LogP contribution is -2.29. The van der Waals surface area contributed by atoms with Crippen LogP contribution in [0.4, 0.5) is 0 Å². The monoisotopic (exact) mass is 322 g/mol.